The van der Waals surface area contributed by atoms with Gasteiger partial charge in [0.05, 0.1) is 0 Å². The van der Waals surface area contributed by atoms with E-state index < -0.39 is 0 Å². The molecule has 1 aliphatic carbocycles. The van der Waals surface area contributed by atoms with Crippen molar-refractivity contribution in [2.75, 3.05) is 9.80 Å². The molecule has 0 aromatic heterocycles. The highest BCUT2D eigenvalue weighted by molar-refractivity contribution is 6.99. The average Bonchev–Trinajstić information content (AvgIpc) is 3.43. The summed E-state index contributed by atoms with van der Waals surface area (Å²) in [5, 5.41) is 2.34. The quantitative estimate of drug-likeness (QED) is 0.172. The third kappa shape index (κ3) is 4.36. The number of nitrogens with zero attached hydrogens (tertiary/aromatic N) is 2. The second-order valence-corrected chi connectivity index (χ2v) is 14.9. The molecule has 0 saturated carbocycles. The lowest BCUT2D eigenvalue weighted by molar-refractivity contribution is 0.493. The zero-order chi connectivity index (χ0) is 35.3. The molecule has 2 aliphatic heterocycles. The molecule has 0 spiro atoms. The summed E-state index contributed by atoms with van der Waals surface area (Å²) in [7, 11) is 0. The van der Waals surface area contributed by atoms with Gasteiger partial charge in [-0.15, -0.1) is 0 Å². The highest BCUT2D eigenvalue weighted by Gasteiger charge is 2.45. The van der Waals surface area contributed by atoms with Crippen LogP contribution >= 0.6 is 0 Å². The molecule has 3 nitrogen and oxygen atoms in total. The van der Waals surface area contributed by atoms with Crippen LogP contribution in [0.15, 0.2) is 176 Å². The van der Waals surface area contributed by atoms with Crippen molar-refractivity contribution in [3.05, 3.63) is 187 Å². The van der Waals surface area contributed by atoms with E-state index in [0.717, 1.165) is 39.6 Å². The molecule has 11 rings (SSSR count). The molecule has 0 unspecified atom stereocenters. The molecule has 0 fully saturated rings. The lowest BCUT2D eigenvalue weighted by atomic mass is 9.34. The van der Waals surface area contributed by atoms with Crippen LogP contribution in [0.25, 0.3) is 21.9 Å². The number of rotatable bonds is 4. The van der Waals surface area contributed by atoms with Gasteiger partial charge in [0.2, 0.25) is 0 Å². The maximum Gasteiger partial charge on any atom is 0.256 e. The van der Waals surface area contributed by atoms with Crippen LogP contribution < -0.4 is 30.9 Å². The molecule has 0 saturated heterocycles. The number of para-hydroxylation sites is 3. The van der Waals surface area contributed by atoms with Gasteiger partial charge in [-0.1, -0.05) is 123 Å². The Balaban J connectivity index is 1.15. The zero-order valence-electron chi connectivity index (χ0n) is 29.6. The summed E-state index contributed by atoms with van der Waals surface area (Å²) in [5.41, 5.74) is 15.8. The second kappa shape index (κ2) is 11.2. The van der Waals surface area contributed by atoms with Crippen molar-refractivity contribution in [1.82, 2.24) is 0 Å². The van der Waals surface area contributed by atoms with Gasteiger partial charge < -0.3 is 14.5 Å². The fourth-order valence-electron chi connectivity index (χ4n) is 9.22. The van der Waals surface area contributed by atoms with Crippen molar-refractivity contribution < 1.29 is 4.74 Å². The fourth-order valence-corrected chi connectivity index (χ4v) is 9.22. The average molecular weight is 679 g/mol. The number of benzene rings is 8. The van der Waals surface area contributed by atoms with Crippen LogP contribution in [0, 0.1) is 0 Å². The maximum absolute atomic E-state index is 6.90. The summed E-state index contributed by atoms with van der Waals surface area (Å²) < 4.78 is 6.90. The van der Waals surface area contributed by atoms with E-state index in [-0.39, 0.29) is 12.1 Å². The van der Waals surface area contributed by atoms with E-state index in [1.54, 1.807) is 0 Å². The minimum Gasteiger partial charge on any atom is -0.458 e. The van der Waals surface area contributed by atoms with Crippen LogP contribution in [-0.2, 0) is 5.41 Å². The monoisotopic (exact) mass is 678 g/mol. The molecule has 2 heterocycles. The van der Waals surface area contributed by atoms with Crippen LogP contribution in [0.4, 0.5) is 34.1 Å². The topological polar surface area (TPSA) is 15.7 Å². The lowest BCUT2D eigenvalue weighted by Crippen LogP contribution is -2.59. The van der Waals surface area contributed by atoms with Gasteiger partial charge in [0, 0.05) is 44.9 Å². The van der Waals surface area contributed by atoms with Crippen molar-refractivity contribution in [2.24, 2.45) is 0 Å². The highest BCUT2D eigenvalue weighted by atomic mass is 16.5. The lowest BCUT2D eigenvalue weighted by Gasteiger charge is -2.41. The van der Waals surface area contributed by atoms with Gasteiger partial charge >= 0.3 is 0 Å². The van der Waals surface area contributed by atoms with Gasteiger partial charge in [-0.05, 0) is 111 Å². The molecule has 8 aromatic rings. The SMILES string of the molecule is CC1(C)c2cc(N(c3ccccc3)c3ccccc3)ccc2-c2cc3c(cc21)B1c2ccc4ccccc4c2Oc2cccc(c21)N3c1ccccc1. The third-order valence-electron chi connectivity index (χ3n) is 11.7. The smallest absolute Gasteiger partial charge is 0.256 e. The summed E-state index contributed by atoms with van der Waals surface area (Å²) in [5.74, 6) is 1.89. The Morgan fingerprint density at radius 1 is 0.528 bits per heavy atom. The number of ether oxygens (including phenoxy) is 1. The van der Waals surface area contributed by atoms with Crippen LogP contribution in [0.2, 0.25) is 0 Å². The largest absolute Gasteiger partial charge is 0.458 e. The fraction of sp³-hybridized carbons (Fsp3) is 0.0612. The summed E-state index contributed by atoms with van der Waals surface area (Å²) in [4.78, 5) is 4.81. The number of hydrogen-bond donors (Lipinski definition) is 0. The molecule has 250 valence electrons. The van der Waals surface area contributed by atoms with Gasteiger partial charge in [-0.3, -0.25) is 0 Å². The Morgan fingerprint density at radius 2 is 1.21 bits per heavy atom. The first kappa shape index (κ1) is 30.1. The Kier molecular flexibility index (Phi) is 6.39. The van der Waals surface area contributed by atoms with Crippen LogP contribution in [0.5, 0.6) is 11.5 Å². The van der Waals surface area contributed by atoms with Crippen molar-refractivity contribution >= 4 is 68.0 Å². The van der Waals surface area contributed by atoms with Crippen LogP contribution in [-0.4, -0.2) is 6.71 Å². The molecule has 8 aromatic carbocycles. The van der Waals surface area contributed by atoms with E-state index in [4.69, 9.17) is 4.74 Å². The first-order valence-corrected chi connectivity index (χ1v) is 18.5. The van der Waals surface area contributed by atoms with Crippen LogP contribution in [0.3, 0.4) is 0 Å². The molecule has 0 atom stereocenters. The minimum absolute atomic E-state index is 0.0246. The molecular weight excluding hydrogens is 643 g/mol. The van der Waals surface area contributed by atoms with Crippen molar-refractivity contribution in [3.63, 3.8) is 0 Å². The normalized spacial score (nSPS) is 14.1. The molecule has 0 N–H and O–H groups in total. The van der Waals surface area contributed by atoms with E-state index in [0.29, 0.717) is 0 Å². The molecule has 53 heavy (non-hydrogen) atoms. The van der Waals surface area contributed by atoms with E-state index >= 15 is 0 Å². The van der Waals surface area contributed by atoms with Crippen molar-refractivity contribution in [2.45, 2.75) is 19.3 Å². The van der Waals surface area contributed by atoms with Gasteiger partial charge in [-0.25, -0.2) is 0 Å². The highest BCUT2D eigenvalue weighted by Crippen LogP contribution is 2.53. The third-order valence-corrected chi connectivity index (χ3v) is 11.7. The van der Waals surface area contributed by atoms with E-state index in [9.17, 15) is 0 Å². The molecular formula is C49H35BN2O. The van der Waals surface area contributed by atoms with Gasteiger partial charge in [0.25, 0.3) is 6.71 Å². The second-order valence-electron chi connectivity index (χ2n) is 14.9. The minimum atomic E-state index is -0.233. The van der Waals surface area contributed by atoms with E-state index in [1.165, 1.54) is 55.4 Å². The van der Waals surface area contributed by atoms with E-state index in [1.807, 2.05) is 0 Å². The van der Waals surface area contributed by atoms with Crippen molar-refractivity contribution in [3.8, 4) is 22.6 Å². The van der Waals surface area contributed by atoms with Gasteiger partial charge in [-0.2, -0.15) is 0 Å². The standard InChI is InChI=1S/C49H35BN2O/c1-49(2)40-29-36(51(33-16-6-3-7-17-33)34-18-8-4-9-19-34)26-27-38(40)39-30-45-43(31-41(39)49)50-42-28-25-32-15-12-13-22-37(32)48(42)53-46-24-14-23-44(47(46)50)52(45)35-20-10-5-11-21-35/h3-31H,1-2H3. The molecule has 0 amide bonds. The number of hydrogen-bond acceptors (Lipinski definition) is 3. The first-order chi connectivity index (χ1) is 26.1. The number of anilines is 6. The molecule has 3 aliphatic rings. The van der Waals surface area contributed by atoms with Gasteiger partial charge in [0.1, 0.15) is 11.5 Å². The Labute approximate surface area is 310 Å². The molecule has 0 radical (unpaired) electrons. The summed E-state index contributed by atoms with van der Waals surface area (Å²) in [6.07, 6.45) is 0. The molecule has 0 bridgehead atoms. The Bertz CT molecular complexity index is 2700. The summed E-state index contributed by atoms with van der Waals surface area (Å²) >= 11 is 0. The summed E-state index contributed by atoms with van der Waals surface area (Å²) in [6.45, 7) is 4.81. The summed E-state index contributed by atoms with van der Waals surface area (Å²) in [6, 6.07) is 63.9. The first-order valence-electron chi connectivity index (χ1n) is 18.5. The van der Waals surface area contributed by atoms with Crippen LogP contribution in [0.1, 0.15) is 25.0 Å². The molecule has 4 heteroatoms. The predicted octanol–water partition coefficient (Wildman–Crippen LogP) is 11.0. The van der Waals surface area contributed by atoms with Crippen molar-refractivity contribution in [1.29, 1.82) is 0 Å². The Morgan fingerprint density at radius 3 is 1.96 bits per heavy atom. The zero-order valence-corrected chi connectivity index (χ0v) is 29.6. The maximum atomic E-state index is 6.90. The predicted molar refractivity (Wildman–Crippen MR) is 222 cm³/mol. The van der Waals surface area contributed by atoms with E-state index in [2.05, 4.69) is 200 Å². The Hall–Kier alpha value is -6.52. The van der Waals surface area contributed by atoms with Gasteiger partial charge in [0.15, 0.2) is 0 Å². The number of fused-ring (bicyclic) bond motifs is 9.